The Morgan fingerprint density at radius 3 is 2.46 bits per heavy atom. The molecular weight excluding hydrogens is 164 g/mol. The highest BCUT2D eigenvalue weighted by molar-refractivity contribution is 5.47. The van der Waals surface area contributed by atoms with Crippen LogP contribution in [0.1, 0.15) is 26.2 Å². The van der Waals surface area contributed by atoms with Gasteiger partial charge < -0.3 is 10.2 Å². The van der Waals surface area contributed by atoms with Crippen LogP contribution >= 0.6 is 0 Å². The predicted molar refractivity (Wildman–Crippen MR) is 51.4 cm³/mol. The quantitative estimate of drug-likeness (QED) is 0.648. The molecule has 1 saturated heterocycles. The van der Waals surface area contributed by atoms with E-state index in [1.165, 1.54) is 6.42 Å². The molecule has 2 atom stereocenters. The second kappa shape index (κ2) is 3.66. The van der Waals surface area contributed by atoms with Crippen LogP contribution in [-0.2, 0) is 4.79 Å². The number of nitrogens with one attached hydrogen (secondary N) is 1. The largest absolute Gasteiger partial charge is 0.345 e. The van der Waals surface area contributed by atoms with Gasteiger partial charge in [0.2, 0.25) is 6.41 Å². The van der Waals surface area contributed by atoms with E-state index in [1.54, 1.807) is 0 Å². The van der Waals surface area contributed by atoms with E-state index in [-0.39, 0.29) is 0 Å². The third kappa shape index (κ3) is 2.21. The Kier molecular flexibility index (Phi) is 2.54. The Bertz CT molecular complexity index is 187. The Balaban J connectivity index is 1.69. The molecule has 0 bridgehead atoms. The van der Waals surface area contributed by atoms with Gasteiger partial charge in [-0.05, 0) is 25.2 Å². The molecule has 13 heavy (non-hydrogen) atoms. The van der Waals surface area contributed by atoms with Gasteiger partial charge in [-0.2, -0.15) is 0 Å². The van der Waals surface area contributed by atoms with Gasteiger partial charge in [-0.1, -0.05) is 6.92 Å². The SMILES string of the molecule is CC1CC1NC1CCN(C=O)CC1. The van der Waals surface area contributed by atoms with Crippen molar-refractivity contribution in [3.63, 3.8) is 0 Å². The van der Waals surface area contributed by atoms with Gasteiger partial charge in [-0.3, -0.25) is 4.79 Å². The van der Waals surface area contributed by atoms with Crippen LogP contribution < -0.4 is 5.32 Å². The van der Waals surface area contributed by atoms with Crippen LogP contribution in [0, 0.1) is 5.92 Å². The van der Waals surface area contributed by atoms with Gasteiger partial charge in [0, 0.05) is 25.2 Å². The van der Waals surface area contributed by atoms with E-state index in [0.717, 1.165) is 44.3 Å². The standard InChI is InChI=1S/C10H18N2O/c1-8-6-10(8)11-9-2-4-12(7-13)5-3-9/h7-11H,2-6H2,1H3. The molecule has 0 radical (unpaired) electrons. The van der Waals surface area contributed by atoms with Crippen LogP contribution in [0.25, 0.3) is 0 Å². The number of rotatable bonds is 3. The summed E-state index contributed by atoms with van der Waals surface area (Å²) in [7, 11) is 0. The molecule has 3 nitrogen and oxygen atoms in total. The van der Waals surface area contributed by atoms with Crippen LogP contribution in [0.2, 0.25) is 0 Å². The van der Waals surface area contributed by atoms with Gasteiger partial charge in [0.25, 0.3) is 0 Å². The fourth-order valence-electron chi connectivity index (χ4n) is 2.03. The van der Waals surface area contributed by atoms with E-state index in [1.807, 2.05) is 4.90 Å². The summed E-state index contributed by atoms with van der Waals surface area (Å²) in [5, 5.41) is 3.64. The van der Waals surface area contributed by atoms with E-state index < -0.39 is 0 Å². The highest BCUT2D eigenvalue weighted by Gasteiger charge is 2.34. The molecular formula is C10H18N2O. The van der Waals surface area contributed by atoms with Gasteiger partial charge in [-0.25, -0.2) is 0 Å². The summed E-state index contributed by atoms with van der Waals surface area (Å²) in [6, 6.07) is 1.43. The van der Waals surface area contributed by atoms with Gasteiger partial charge in [0.15, 0.2) is 0 Å². The summed E-state index contributed by atoms with van der Waals surface area (Å²) in [4.78, 5) is 12.3. The van der Waals surface area contributed by atoms with Crippen LogP contribution in [-0.4, -0.2) is 36.5 Å². The van der Waals surface area contributed by atoms with Crippen molar-refractivity contribution in [1.29, 1.82) is 0 Å². The maximum atomic E-state index is 10.5. The zero-order valence-corrected chi connectivity index (χ0v) is 8.20. The minimum Gasteiger partial charge on any atom is -0.345 e. The summed E-state index contributed by atoms with van der Waals surface area (Å²) in [5.74, 6) is 0.879. The number of hydrogen-bond acceptors (Lipinski definition) is 2. The van der Waals surface area contributed by atoms with Crippen molar-refractivity contribution in [3.8, 4) is 0 Å². The van der Waals surface area contributed by atoms with E-state index in [0.29, 0.717) is 6.04 Å². The summed E-state index contributed by atoms with van der Waals surface area (Å²) in [5.41, 5.74) is 0. The Labute approximate surface area is 79.5 Å². The molecule has 1 amide bonds. The topological polar surface area (TPSA) is 32.3 Å². The van der Waals surface area contributed by atoms with Crippen molar-refractivity contribution in [3.05, 3.63) is 0 Å². The van der Waals surface area contributed by atoms with Gasteiger partial charge in [0.05, 0.1) is 0 Å². The lowest BCUT2D eigenvalue weighted by atomic mass is 10.1. The Morgan fingerprint density at radius 2 is 2.00 bits per heavy atom. The van der Waals surface area contributed by atoms with E-state index in [2.05, 4.69) is 12.2 Å². The summed E-state index contributed by atoms with van der Waals surface area (Å²) in [6.45, 7) is 4.16. The van der Waals surface area contributed by atoms with Crippen molar-refractivity contribution in [2.24, 2.45) is 5.92 Å². The first kappa shape index (κ1) is 9.00. The molecule has 0 aromatic heterocycles. The first-order chi connectivity index (χ1) is 6.29. The third-order valence-electron chi connectivity index (χ3n) is 3.24. The molecule has 2 unspecified atom stereocenters. The van der Waals surface area contributed by atoms with Gasteiger partial charge in [-0.15, -0.1) is 0 Å². The first-order valence-electron chi connectivity index (χ1n) is 5.25. The molecule has 0 aromatic carbocycles. The average molecular weight is 182 g/mol. The maximum absolute atomic E-state index is 10.5. The van der Waals surface area contributed by atoms with Gasteiger partial charge in [0.1, 0.15) is 0 Å². The molecule has 2 fully saturated rings. The lowest BCUT2D eigenvalue weighted by molar-refractivity contribution is -0.119. The van der Waals surface area contributed by atoms with Crippen LogP contribution in [0.3, 0.4) is 0 Å². The molecule has 1 aliphatic heterocycles. The van der Waals surface area contributed by atoms with Crippen LogP contribution in [0.4, 0.5) is 0 Å². The molecule has 74 valence electrons. The van der Waals surface area contributed by atoms with E-state index in [9.17, 15) is 4.79 Å². The lowest BCUT2D eigenvalue weighted by Crippen LogP contribution is -2.42. The number of nitrogens with zero attached hydrogens (tertiary/aromatic N) is 1. The van der Waals surface area contributed by atoms with Crippen molar-refractivity contribution in [2.75, 3.05) is 13.1 Å². The summed E-state index contributed by atoms with van der Waals surface area (Å²) in [6.07, 6.45) is 4.56. The fourth-order valence-corrected chi connectivity index (χ4v) is 2.03. The van der Waals surface area contributed by atoms with Crippen molar-refractivity contribution in [1.82, 2.24) is 10.2 Å². The first-order valence-corrected chi connectivity index (χ1v) is 5.25. The monoisotopic (exact) mass is 182 g/mol. The number of amides is 1. The van der Waals surface area contributed by atoms with Crippen LogP contribution in [0.15, 0.2) is 0 Å². The third-order valence-corrected chi connectivity index (χ3v) is 3.24. The Morgan fingerprint density at radius 1 is 1.38 bits per heavy atom. The number of hydrogen-bond donors (Lipinski definition) is 1. The van der Waals surface area contributed by atoms with E-state index >= 15 is 0 Å². The number of carbonyl (C=O) groups is 1. The predicted octanol–water partition coefficient (Wildman–Crippen LogP) is 0.605. The molecule has 3 heteroatoms. The molecule has 1 aliphatic carbocycles. The molecule has 1 N–H and O–H groups in total. The minimum absolute atomic E-state index is 0.658. The molecule has 2 aliphatic rings. The van der Waals surface area contributed by atoms with Crippen LogP contribution in [0.5, 0.6) is 0 Å². The second-order valence-electron chi connectivity index (χ2n) is 4.40. The van der Waals surface area contributed by atoms with Crippen molar-refractivity contribution >= 4 is 6.41 Å². The Hall–Kier alpha value is -0.570. The zero-order valence-electron chi connectivity index (χ0n) is 8.20. The second-order valence-corrected chi connectivity index (χ2v) is 4.40. The smallest absolute Gasteiger partial charge is 0.209 e. The molecule has 2 rings (SSSR count). The molecule has 1 saturated carbocycles. The highest BCUT2D eigenvalue weighted by Crippen LogP contribution is 2.30. The summed E-state index contributed by atoms with van der Waals surface area (Å²) < 4.78 is 0. The van der Waals surface area contributed by atoms with Gasteiger partial charge >= 0.3 is 0 Å². The lowest BCUT2D eigenvalue weighted by Gasteiger charge is -2.29. The number of carbonyl (C=O) groups excluding carboxylic acids is 1. The zero-order chi connectivity index (χ0) is 9.26. The van der Waals surface area contributed by atoms with Crippen molar-refractivity contribution < 1.29 is 4.79 Å². The average Bonchev–Trinajstić information content (AvgIpc) is 2.83. The maximum Gasteiger partial charge on any atom is 0.209 e. The highest BCUT2D eigenvalue weighted by atomic mass is 16.1. The fraction of sp³-hybridized carbons (Fsp3) is 0.900. The molecule has 0 aromatic rings. The number of piperidine rings is 1. The minimum atomic E-state index is 0.658. The summed E-state index contributed by atoms with van der Waals surface area (Å²) >= 11 is 0. The normalized spacial score (nSPS) is 34.7. The van der Waals surface area contributed by atoms with Crippen molar-refractivity contribution in [2.45, 2.75) is 38.3 Å². The number of likely N-dealkylation sites (tertiary alicyclic amines) is 1. The molecule has 0 spiro atoms. The van der Waals surface area contributed by atoms with E-state index in [4.69, 9.17) is 0 Å². The molecule has 1 heterocycles.